The number of amides is 3. The summed E-state index contributed by atoms with van der Waals surface area (Å²) in [6, 6.07) is 20.7. The zero-order valence-electron chi connectivity index (χ0n) is 18.9. The molecular weight excluding hydrogens is 430 g/mol. The summed E-state index contributed by atoms with van der Waals surface area (Å²) < 4.78 is 11.1. The molecule has 34 heavy (non-hydrogen) atoms. The summed E-state index contributed by atoms with van der Waals surface area (Å²) in [5, 5.41) is 5.89. The van der Waals surface area contributed by atoms with E-state index in [-0.39, 0.29) is 18.4 Å². The number of carbonyl (C=O) groups excluding carboxylic acids is 2. The topological polar surface area (TPSA) is 79.9 Å². The Balaban J connectivity index is 1.19. The first-order valence-electron chi connectivity index (χ1n) is 11.6. The molecule has 2 aliphatic rings. The van der Waals surface area contributed by atoms with Crippen LogP contribution in [0.15, 0.2) is 66.7 Å². The zero-order valence-corrected chi connectivity index (χ0v) is 18.9. The summed E-state index contributed by atoms with van der Waals surface area (Å²) in [5.41, 5.74) is 4.39. The van der Waals surface area contributed by atoms with Crippen molar-refractivity contribution >= 4 is 29.0 Å². The molecule has 2 heterocycles. The van der Waals surface area contributed by atoms with Gasteiger partial charge < -0.3 is 20.1 Å². The van der Waals surface area contributed by atoms with Crippen molar-refractivity contribution in [1.82, 2.24) is 0 Å². The van der Waals surface area contributed by atoms with Crippen molar-refractivity contribution in [1.29, 1.82) is 0 Å². The van der Waals surface area contributed by atoms with Gasteiger partial charge in [-0.1, -0.05) is 30.3 Å². The van der Waals surface area contributed by atoms with Gasteiger partial charge in [0.05, 0.1) is 6.42 Å². The third-order valence-corrected chi connectivity index (χ3v) is 6.00. The second kappa shape index (κ2) is 9.87. The standard InChI is InChI=1S/C27H27N3O4/c31-26(28-22-12-13-24-25(18-22)34-16-15-33-24)17-19-8-10-21(11-9-19)29-27(32)30-14-4-3-6-20-5-1-2-7-23(20)30/h1-2,5,7-13,18H,3-4,6,14-17H2,(H,28,31)(H,29,32). The van der Waals surface area contributed by atoms with Gasteiger partial charge >= 0.3 is 6.03 Å². The van der Waals surface area contributed by atoms with E-state index in [1.807, 2.05) is 47.4 Å². The Kier molecular flexibility index (Phi) is 6.33. The molecule has 0 atom stereocenters. The molecule has 0 aliphatic carbocycles. The average molecular weight is 458 g/mol. The molecular formula is C27H27N3O4. The van der Waals surface area contributed by atoms with Crippen molar-refractivity contribution in [2.45, 2.75) is 25.7 Å². The fraction of sp³-hybridized carbons (Fsp3) is 0.259. The lowest BCUT2D eigenvalue weighted by atomic mass is 10.1. The van der Waals surface area contributed by atoms with Gasteiger partial charge in [0, 0.05) is 29.7 Å². The van der Waals surface area contributed by atoms with E-state index in [9.17, 15) is 9.59 Å². The summed E-state index contributed by atoms with van der Waals surface area (Å²) in [6.07, 6.45) is 3.26. The van der Waals surface area contributed by atoms with Crippen molar-refractivity contribution < 1.29 is 19.1 Å². The molecule has 0 fully saturated rings. The van der Waals surface area contributed by atoms with Crippen molar-refractivity contribution in [2.75, 3.05) is 35.3 Å². The number of hydrogen-bond acceptors (Lipinski definition) is 4. The van der Waals surface area contributed by atoms with Crippen LogP contribution in [0.1, 0.15) is 24.0 Å². The maximum Gasteiger partial charge on any atom is 0.326 e. The second-order valence-electron chi connectivity index (χ2n) is 8.45. The molecule has 5 rings (SSSR count). The molecule has 2 aliphatic heterocycles. The SMILES string of the molecule is O=C(Cc1ccc(NC(=O)N2CCCCc3ccccc32)cc1)Nc1ccc2c(c1)OCCO2. The van der Waals surface area contributed by atoms with Gasteiger partial charge in [-0.15, -0.1) is 0 Å². The molecule has 3 aromatic rings. The number of aryl methyl sites for hydroxylation is 1. The number of nitrogens with zero attached hydrogens (tertiary/aromatic N) is 1. The monoisotopic (exact) mass is 457 g/mol. The lowest BCUT2D eigenvalue weighted by Crippen LogP contribution is -2.35. The van der Waals surface area contributed by atoms with Crippen LogP contribution in [0.25, 0.3) is 0 Å². The van der Waals surface area contributed by atoms with E-state index < -0.39 is 0 Å². The maximum atomic E-state index is 13.0. The molecule has 3 aromatic carbocycles. The fourth-order valence-electron chi connectivity index (χ4n) is 4.31. The minimum Gasteiger partial charge on any atom is -0.486 e. The van der Waals surface area contributed by atoms with Crippen LogP contribution < -0.4 is 25.0 Å². The van der Waals surface area contributed by atoms with E-state index in [1.54, 1.807) is 18.2 Å². The molecule has 3 amide bonds. The number of anilines is 3. The van der Waals surface area contributed by atoms with Crippen molar-refractivity contribution in [2.24, 2.45) is 0 Å². The Morgan fingerprint density at radius 2 is 1.59 bits per heavy atom. The average Bonchev–Trinajstić information content (AvgIpc) is 3.08. The van der Waals surface area contributed by atoms with Gasteiger partial charge in [0.15, 0.2) is 11.5 Å². The van der Waals surface area contributed by atoms with Crippen molar-refractivity contribution in [3.63, 3.8) is 0 Å². The third kappa shape index (κ3) is 4.98. The highest BCUT2D eigenvalue weighted by atomic mass is 16.6. The molecule has 0 unspecified atom stereocenters. The van der Waals surface area contributed by atoms with Crippen LogP contribution in [0.5, 0.6) is 11.5 Å². The second-order valence-corrected chi connectivity index (χ2v) is 8.45. The van der Waals surface area contributed by atoms with Gasteiger partial charge in [0.2, 0.25) is 5.91 Å². The number of urea groups is 1. The number of nitrogens with one attached hydrogen (secondary N) is 2. The van der Waals surface area contributed by atoms with E-state index in [0.29, 0.717) is 42.6 Å². The molecule has 0 aromatic heterocycles. The minimum absolute atomic E-state index is 0.130. The Labute approximate surface area is 198 Å². The largest absolute Gasteiger partial charge is 0.486 e. The van der Waals surface area contributed by atoms with E-state index >= 15 is 0 Å². The van der Waals surface area contributed by atoms with Crippen LogP contribution in [-0.4, -0.2) is 31.7 Å². The molecule has 0 radical (unpaired) electrons. The summed E-state index contributed by atoms with van der Waals surface area (Å²) in [4.78, 5) is 27.3. The fourth-order valence-corrected chi connectivity index (χ4v) is 4.31. The molecule has 7 nitrogen and oxygen atoms in total. The molecule has 0 bridgehead atoms. The van der Waals surface area contributed by atoms with Crippen LogP contribution in [0.3, 0.4) is 0 Å². The van der Waals surface area contributed by atoms with E-state index in [4.69, 9.17) is 9.47 Å². The van der Waals surface area contributed by atoms with Crippen LogP contribution >= 0.6 is 0 Å². The Morgan fingerprint density at radius 3 is 2.44 bits per heavy atom. The Morgan fingerprint density at radius 1 is 0.824 bits per heavy atom. The number of benzene rings is 3. The molecule has 0 spiro atoms. The smallest absolute Gasteiger partial charge is 0.326 e. The van der Waals surface area contributed by atoms with E-state index in [0.717, 1.165) is 30.5 Å². The Bertz CT molecular complexity index is 1190. The van der Waals surface area contributed by atoms with Gasteiger partial charge in [-0.3, -0.25) is 9.69 Å². The molecule has 2 N–H and O–H groups in total. The quantitative estimate of drug-likeness (QED) is 0.577. The highest BCUT2D eigenvalue weighted by Crippen LogP contribution is 2.32. The van der Waals surface area contributed by atoms with Gasteiger partial charge in [0.25, 0.3) is 0 Å². The zero-order chi connectivity index (χ0) is 23.3. The molecule has 0 saturated carbocycles. The molecule has 174 valence electrons. The van der Waals surface area contributed by atoms with Crippen LogP contribution in [0.2, 0.25) is 0 Å². The number of rotatable bonds is 4. The highest BCUT2D eigenvalue weighted by Gasteiger charge is 2.21. The van der Waals surface area contributed by atoms with Crippen LogP contribution in [-0.2, 0) is 17.6 Å². The molecule has 0 saturated heterocycles. The summed E-state index contributed by atoms with van der Waals surface area (Å²) in [5.74, 6) is 1.19. The van der Waals surface area contributed by atoms with Crippen LogP contribution in [0, 0.1) is 0 Å². The predicted octanol–water partition coefficient (Wildman–Crippen LogP) is 5.01. The van der Waals surface area contributed by atoms with Gasteiger partial charge in [-0.05, 0) is 60.7 Å². The lowest BCUT2D eigenvalue weighted by molar-refractivity contribution is -0.115. The lowest BCUT2D eigenvalue weighted by Gasteiger charge is -2.23. The third-order valence-electron chi connectivity index (χ3n) is 6.00. The maximum absolute atomic E-state index is 13.0. The first-order valence-corrected chi connectivity index (χ1v) is 11.6. The van der Waals surface area contributed by atoms with Crippen LogP contribution in [0.4, 0.5) is 21.9 Å². The number of para-hydroxylation sites is 1. The predicted molar refractivity (Wildman–Crippen MR) is 132 cm³/mol. The van der Waals surface area contributed by atoms with E-state index in [1.165, 1.54) is 5.56 Å². The summed E-state index contributed by atoms with van der Waals surface area (Å²) in [7, 11) is 0. The number of ether oxygens (including phenoxy) is 2. The van der Waals surface area contributed by atoms with Gasteiger partial charge in [-0.25, -0.2) is 4.79 Å². The van der Waals surface area contributed by atoms with Gasteiger partial charge in [-0.2, -0.15) is 0 Å². The number of carbonyl (C=O) groups is 2. The highest BCUT2D eigenvalue weighted by molar-refractivity contribution is 6.02. The van der Waals surface area contributed by atoms with Crippen molar-refractivity contribution in [3.8, 4) is 11.5 Å². The Hall–Kier alpha value is -4.00. The minimum atomic E-state index is -0.140. The van der Waals surface area contributed by atoms with E-state index in [2.05, 4.69) is 16.7 Å². The number of fused-ring (bicyclic) bond motifs is 2. The first-order chi connectivity index (χ1) is 16.7. The normalized spacial score (nSPS) is 14.5. The van der Waals surface area contributed by atoms with Crippen molar-refractivity contribution in [3.05, 3.63) is 77.9 Å². The summed E-state index contributed by atoms with van der Waals surface area (Å²) in [6.45, 7) is 1.72. The number of hydrogen-bond donors (Lipinski definition) is 2. The molecule has 7 heteroatoms. The summed E-state index contributed by atoms with van der Waals surface area (Å²) >= 11 is 0. The van der Waals surface area contributed by atoms with Gasteiger partial charge in [0.1, 0.15) is 13.2 Å². The first kappa shape index (κ1) is 21.8.